The number of hydrogen-bond acceptors (Lipinski definition) is 1. The highest BCUT2D eigenvalue weighted by Crippen LogP contribution is 2.15. The Kier molecular flexibility index (Phi) is 5.89. The van der Waals surface area contributed by atoms with Gasteiger partial charge < -0.3 is 5.32 Å². The third-order valence-electron chi connectivity index (χ3n) is 1.39. The van der Waals surface area contributed by atoms with Gasteiger partial charge in [0.2, 0.25) is 0 Å². The van der Waals surface area contributed by atoms with Crippen LogP contribution in [0.25, 0.3) is 0 Å². The van der Waals surface area contributed by atoms with E-state index in [1.807, 2.05) is 7.05 Å². The van der Waals surface area contributed by atoms with Crippen LogP contribution in [-0.4, -0.2) is 17.5 Å². The molecule has 0 fully saturated rings. The second-order valence-corrected chi connectivity index (χ2v) is 4.25. The van der Waals surface area contributed by atoms with E-state index >= 15 is 0 Å². The van der Waals surface area contributed by atoms with Gasteiger partial charge in [0.05, 0.1) is 0 Å². The minimum Gasteiger partial charge on any atom is -0.320 e. The van der Waals surface area contributed by atoms with E-state index in [4.69, 9.17) is 0 Å². The van der Waals surface area contributed by atoms with Gasteiger partial charge in [-0.15, -0.1) is 0 Å². The van der Waals surface area contributed by atoms with E-state index in [9.17, 15) is 0 Å². The summed E-state index contributed by atoms with van der Waals surface area (Å²) in [7, 11) is 2.00. The highest BCUT2D eigenvalue weighted by Gasteiger charge is 2.06. The summed E-state index contributed by atoms with van der Waals surface area (Å²) < 4.78 is 0.829. The quantitative estimate of drug-likeness (QED) is 0.586. The Labute approximate surface area is 71.7 Å². The molecule has 1 nitrogen and oxygen atoms in total. The smallest absolute Gasteiger partial charge is 0.0145 e. The zero-order valence-corrected chi connectivity index (χ0v) is 8.60. The van der Waals surface area contributed by atoms with Crippen molar-refractivity contribution in [3.63, 3.8) is 0 Å². The van der Waals surface area contributed by atoms with Crippen molar-refractivity contribution in [2.75, 3.05) is 13.6 Å². The Bertz CT molecular complexity index is 63.9. The molecule has 0 bridgehead atoms. The first-order valence-corrected chi connectivity index (χ1v) is 4.71. The first-order valence-electron chi connectivity index (χ1n) is 3.47. The zero-order valence-electron chi connectivity index (χ0n) is 6.45. The van der Waals surface area contributed by atoms with Gasteiger partial charge in [-0.25, -0.2) is 0 Å². The van der Waals surface area contributed by atoms with E-state index < -0.39 is 0 Å². The number of rotatable bonds is 4. The van der Waals surface area contributed by atoms with Gasteiger partial charge in [0.15, 0.2) is 0 Å². The lowest BCUT2D eigenvalue weighted by molar-refractivity contribution is 0.576. The monoisotopic (exact) mass is 241 g/mol. The highest BCUT2D eigenvalue weighted by atomic mass is 127. The molecule has 0 aliphatic rings. The van der Waals surface area contributed by atoms with Crippen LogP contribution in [0, 0.1) is 5.92 Å². The summed E-state index contributed by atoms with van der Waals surface area (Å²) in [5, 5.41) is 3.15. The second kappa shape index (κ2) is 5.47. The van der Waals surface area contributed by atoms with E-state index in [-0.39, 0.29) is 0 Å². The Morgan fingerprint density at radius 2 is 2.00 bits per heavy atom. The number of alkyl halides is 1. The number of hydrogen-bond donors (Lipinski definition) is 1. The van der Waals surface area contributed by atoms with Crippen molar-refractivity contribution in [1.29, 1.82) is 0 Å². The average Bonchev–Trinajstić information content (AvgIpc) is 1.82. The third-order valence-corrected chi connectivity index (χ3v) is 3.45. The Hall–Kier alpha value is 0.690. The van der Waals surface area contributed by atoms with Crippen molar-refractivity contribution in [3.8, 4) is 0 Å². The van der Waals surface area contributed by atoms with E-state index in [0.29, 0.717) is 0 Å². The maximum Gasteiger partial charge on any atom is 0.0145 e. The Balaban J connectivity index is 3.16. The predicted molar refractivity (Wildman–Crippen MR) is 51.2 cm³/mol. The molecular formula is C7H16IN. The third kappa shape index (κ3) is 5.15. The maximum absolute atomic E-state index is 3.15. The first kappa shape index (κ1) is 9.69. The normalized spacial score (nSPS) is 14.3. The second-order valence-electron chi connectivity index (χ2n) is 2.65. The lowest BCUT2D eigenvalue weighted by Crippen LogP contribution is -2.16. The molecule has 2 heteroatoms. The van der Waals surface area contributed by atoms with Gasteiger partial charge in [0.1, 0.15) is 0 Å². The van der Waals surface area contributed by atoms with Crippen molar-refractivity contribution < 1.29 is 0 Å². The molecular weight excluding hydrogens is 225 g/mol. The minimum absolute atomic E-state index is 0.818. The number of nitrogens with one attached hydrogen (secondary N) is 1. The fraction of sp³-hybridized carbons (Fsp3) is 1.00. The van der Waals surface area contributed by atoms with Gasteiger partial charge in [0.25, 0.3) is 0 Å². The summed E-state index contributed by atoms with van der Waals surface area (Å²) in [6.45, 7) is 5.69. The molecule has 0 aromatic rings. The molecule has 0 aromatic heterocycles. The largest absolute Gasteiger partial charge is 0.320 e. The molecule has 56 valence electrons. The summed E-state index contributed by atoms with van der Waals surface area (Å²) in [5.41, 5.74) is 0. The molecule has 0 rings (SSSR count). The molecule has 0 saturated heterocycles. The minimum atomic E-state index is 0.818. The lowest BCUT2D eigenvalue weighted by Gasteiger charge is -2.12. The molecule has 1 atom stereocenters. The zero-order chi connectivity index (χ0) is 7.28. The van der Waals surface area contributed by atoms with Crippen LogP contribution in [0.4, 0.5) is 0 Å². The summed E-state index contributed by atoms with van der Waals surface area (Å²) in [6.07, 6.45) is 1.29. The predicted octanol–water partition coefficient (Wildman–Crippen LogP) is 2.06. The molecule has 0 aromatic carbocycles. The molecule has 0 heterocycles. The van der Waals surface area contributed by atoms with Crippen LogP contribution < -0.4 is 5.32 Å². The average molecular weight is 241 g/mol. The summed E-state index contributed by atoms with van der Waals surface area (Å²) in [5.74, 6) is 0.818. The fourth-order valence-electron chi connectivity index (χ4n) is 0.616. The molecule has 1 N–H and O–H groups in total. The van der Waals surface area contributed by atoms with Crippen molar-refractivity contribution in [1.82, 2.24) is 5.32 Å². The lowest BCUT2D eigenvalue weighted by atomic mass is 10.1. The van der Waals surface area contributed by atoms with E-state index in [0.717, 1.165) is 16.4 Å². The van der Waals surface area contributed by atoms with E-state index in [1.54, 1.807) is 0 Å². The van der Waals surface area contributed by atoms with Crippen LogP contribution in [0.1, 0.15) is 20.3 Å². The van der Waals surface area contributed by atoms with Crippen molar-refractivity contribution >= 4 is 22.6 Å². The molecule has 0 radical (unpaired) electrons. The summed E-state index contributed by atoms with van der Waals surface area (Å²) in [4.78, 5) is 0. The van der Waals surface area contributed by atoms with Crippen LogP contribution in [0.5, 0.6) is 0 Å². The summed E-state index contributed by atoms with van der Waals surface area (Å²) in [6, 6.07) is 0. The standard InChI is InChI=1S/C7H16IN/c1-6(2)7(8)4-5-9-3/h6-7,9H,4-5H2,1-3H3/t7-/m1/s1. The van der Waals surface area contributed by atoms with Gasteiger partial charge in [-0.2, -0.15) is 0 Å². The highest BCUT2D eigenvalue weighted by molar-refractivity contribution is 14.1. The van der Waals surface area contributed by atoms with E-state index in [2.05, 4.69) is 41.8 Å². The maximum atomic E-state index is 3.15. The molecule has 9 heavy (non-hydrogen) atoms. The van der Waals surface area contributed by atoms with Crippen LogP contribution in [0.15, 0.2) is 0 Å². The van der Waals surface area contributed by atoms with E-state index in [1.165, 1.54) is 6.42 Å². The van der Waals surface area contributed by atoms with Crippen LogP contribution in [0.3, 0.4) is 0 Å². The van der Waals surface area contributed by atoms with Crippen LogP contribution >= 0.6 is 22.6 Å². The van der Waals surface area contributed by atoms with Crippen molar-refractivity contribution in [3.05, 3.63) is 0 Å². The molecule has 0 amide bonds. The topological polar surface area (TPSA) is 12.0 Å². The van der Waals surface area contributed by atoms with Crippen molar-refractivity contribution in [2.45, 2.75) is 24.2 Å². The van der Waals surface area contributed by atoms with Crippen LogP contribution in [-0.2, 0) is 0 Å². The molecule has 0 saturated carbocycles. The SMILES string of the molecule is CNCC[C@@H](I)C(C)C. The van der Waals surface area contributed by atoms with Crippen molar-refractivity contribution in [2.24, 2.45) is 5.92 Å². The molecule has 0 aliphatic heterocycles. The Morgan fingerprint density at radius 3 is 2.33 bits per heavy atom. The van der Waals surface area contributed by atoms with Gasteiger partial charge in [0, 0.05) is 3.92 Å². The van der Waals surface area contributed by atoms with Gasteiger partial charge in [-0.05, 0) is 25.9 Å². The Morgan fingerprint density at radius 1 is 1.44 bits per heavy atom. The summed E-state index contributed by atoms with van der Waals surface area (Å²) >= 11 is 2.51. The first-order chi connectivity index (χ1) is 4.18. The molecule has 0 unspecified atom stereocenters. The number of halogens is 1. The van der Waals surface area contributed by atoms with Gasteiger partial charge >= 0.3 is 0 Å². The van der Waals surface area contributed by atoms with Gasteiger partial charge in [-0.1, -0.05) is 36.4 Å². The van der Waals surface area contributed by atoms with Crippen LogP contribution in [0.2, 0.25) is 0 Å². The van der Waals surface area contributed by atoms with Gasteiger partial charge in [-0.3, -0.25) is 0 Å². The molecule has 0 spiro atoms. The fourth-order valence-corrected chi connectivity index (χ4v) is 0.927. The molecule has 0 aliphatic carbocycles.